The summed E-state index contributed by atoms with van der Waals surface area (Å²) in [5.41, 5.74) is 0.0418. The molecule has 0 aliphatic heterocycles. The standard InChI is InChI=1S/C15H11ClN2O5S/c1-8-2-4-10(16)14(24)13(8)17(7-19)11-5-3-9(15(20)21)6-12(11)18(22)23/h2-7,24H,1H3,(H,20,21). The van der Waals surface area contributed by atoms with E-state index >= 15 is 0 Å². The second-order valence-corrected chi connectivity index (χ2v) is 5.66. The minimum atomic E-state index is -1.31. The molecule has 0 aliphatic rings. The van der Waals surface area contributed by atoms with Gasteiger partial charge in [0.05, 0.1) is 21.2 Å². The monoisotopic (exact) mass is 366 g/mol. The molecule has 2 rings (SSSR count). The highest BCUT2D eigenvalue weighted by atomic mass is 35.5. The Labute approximate surface area is 147 Å². The number of anilines is 2. The number of benzene rings is 2. The van der Waals surface area contributed by atoms with Gasteiger partial charge in [-0.25, -0.2) is 4.79 Å². The van der Waals surface area contributed by atoms with E-state index < -0.39 is 16.6 Å². The number of carbonyl (C=O) groups is 2. The van der Waals surface area contributed by atoms with Crippen LogP contribution in [0.3, 0.4) is 0 Å². The number of hydrogen-bond donors (Lipinski definition) is 2. The number of halogens is 1. The number of amides is 1. The van der Waals surface area contributed by atoms with Gasteiger partial charge < -0.3 is 5.11 Å². The smallest absolute Gasteiger partial charge is 0.335 e. The van der Waals surface area contributed by atoms with Gasteiger partial charge in [0.1, 0.15) is 5.69 Å². The number of carboxylic acid groups (broad SMARTS) is 1. The molecule has 1 N–H and O–H groups in total. The van der Waals surface area contributed by atoms with Gasteiger partial charge in [-0.2, -0.15) is 0 Å². The fourth-order valence-electron chi connectivity index (χ4n) is 2.20. The van der Waals surface area contributed by atoms with Crippen LogP contribution in [-0.2, 0) is 4.79 Å². The lowest BCUT2D eigenvalue weighted by Gasteiger charge is -2.22. The summed E-state index contributed by atoms with van der Waals surface area (Å²) in [5, 5.41) is 20.6. The molecule has 0 radical (unpaired) electrons. The summed E-state index contributed by atoms with van der Waals surface area (Å²) in [7, 11) is 0. The number of nitro benzene ring substituents is 1. The first-order chi connectivity index (χ1) is 11.3. The Morgan fingerprint density at radius 1 is 1.38 bits per heavy atom. The molecule has 0 spiro atoms. The van der Waals surface area contributed by atoms with Crippen molar-refractivity contribution in [1.29, 1.82) is 0 Å². The first-order valence-electron chi connectivity index (χ1n) is 6.52. The van der Waals surface area contributed by atoms with Crippen LogP contribution in [0.4, 0.5) is 17.1 Å². The number of thiol groups is 1. The minimum absolute atomic E-state index is 0.0827. The van der Waals surface area contributed by atoms with Gasteiger partial charge in [0, 0.05) is 11.0 Å². The largest absolute Gasteiger partial charge is 0.478 e. The molecule has 0 fully saturated rings. The van der Waals surface area contributed by atoms with E-state index in [1.807, 2.05) is 0 Å². The van der Waals surface area contributed by atoms with Crippen molar-refractivity contribution in [3.63, 3.8) is 0 Å². The average molecular weight is 367 g/mol. The van der Waals surface area contributed by atoms with Gasteiger partial charge in [0.15, 0.2) is 0 Å². The second-order valence-electron chi connectivity index (χ2n) is 4.80. The molecule has 9 heteroatoms. The van der Waals surface area contributed by atoms with Crippen LogP contribution in [0.1, 0.15) is 15.9 Å². The van der Waals surface area contributed by atoms with Gasteiger partial charge in [0.2, 0.25) is 6.41 Å². The molecule has 24 heavy (non-hydrogen) atoms. The van der Waals surface area contributed by atoms with E-state index in [4.69, 9.17) is 16.7 Å². The van der Waals surface area contributed by atoms with Gasteiger partial charge in [-0.3, -0.25) is 19.8 Å². The SMILES string of the molecule is Cc1ccc(Cl)c(S)c1N(C=O)c1ccc(C(=O)O)cc1[N+](=O)[O-]. The fraction of sp³-hybridized carbons (Fsp3) is 0.0667. The van der Waals surface area contributed by atoms with Crippen molar-refractivity contribution in [1.82, 2.24) is 0 Å². The van der Waals surface area contributed by atoms with Crippen molar-refractivity contribution < 1.29 is 19.6 Å². The second kappa shape index (κ2) is 6.90. The highest BCUT2D eigenvalue weighted by Crippen LogP contribution is 2.40. The van der Waals surface area contributed by atoms with Crippen LogP contribution in [0.25, 0.3) is 0 Å². The maximum Gasteiger partial charge on any atom is 0.335 e. The van der Waals surface area contributed by atoms with E-state index in [2.05, 4.69) is 12.6 Å². The highest BCUT2D eigenvalue weighted by molar-refractivity contribution is 7.80. The van der Waals surface area contributed by atoms with Crippen LogP contribution in [0.2, 0.25) is 5.02 Å². The van der Waals surface area contributed by atoms with Crippen molar-refractivity contribution in [3.8, 4) is 0 Å². The molecule has 0 aromatic heterocycles. The number of aryl methyl sites for hydroxylation is 1. The number of nitrogens with zero attached hydrogens (tertiary/aromatic N) is 2. The Hall–Kier alpha value is -2.58. The average Bonchev–Trinajstić information content (AvgIpc) is 2.54. The Morgan fingerprint density at radius 2 is 2.04 bits per heavy atom. The Morgan fingerprint density at radius 3 is 2.58 bits per heavy atom. The Balaban J connectivity index is 2.73. The van der Waals surface area contributed by atoms with Crippen LogP contribution >= 0.6 is 24.2 Å². The van der Waals surface area contributed by atoms with Crippen molar-refractivity contribution in [2.75, 3.05) is 4.90 Å². The van der Waals surface area contributed by atoms with Gasteiger partial charge in [0.25, 0.3) is 5.69 Å². The van der Waals surface area contributed by atoms with Gasteiger partial charge in [-0.1, -0.05) is 17.7 Å². The summed E-state index contributed by atoms with van der Waals surface area (Å²) >= 11 is 10.3. The van der Waals surface area contributed by atoms with Crippen LogP contribution in [0.15, 0.2) is 35.2 Å². The zero-order valence-corrected chi connectivity index (χ0v) is 13.9. The zero-order chi connectivity index (χ0) is 18.0. The quantitative estimate of drug-likeness (QED) is 0.362. The zero-order valence-electron chi connectivity index (χ0n) is 12.3. The molecule has 1 amide bonds. The Kier molecular flexibility index (Phi) is 5.10. The molecule has 0 heterocycles. The lowest BCUT2D eigenvalue weighted by Crippen LogP contribution is -2.18. The summed E-state index contributed by atoms with van der Waals surface area (Å²) in [4.78, 5) is 34.5. The molecule has 0 bridgehead atoms. The molecule has 2 aromatic carbocycles. The molecular formula is C15H11ClN2O5S. The third kappa shape index (κ3) is 3.19. The van der Waals surface area contributed by atoms with Gasteiger partial charge >= 0.3 is 5.97 Å². The number of nitro groups is 1. The molecule has 124 valence electrons. The van der Waals surface area contributed by atoms with E-state index in [9.17, 15) is 19.7 Å². The molecule has 0 atom stereocenters. The normalized spacial score (nSPS) is 10.3. The van der Waals surface area contributed by atoms with Crippen molar-refractivity contribution in [2.24, 2.45) is 0 Å². The van der Waals surface area contributed by atoms with E-state index in [1.165, 1.54) is 12.1 Å². The Bertz CT molecular complexity index is 856. The third-order valence-electron chi connectivity index (χ3n) is 3.33. The van der Waals surface area contributed by atoms with Crippen LogP contribution in [0.5, 0.6) is 0 Å². The minimum Gasteiger partial charge on any atom is -0.478 e. The van der Waals surface area contributed by atoms with Crippen LogP contribution in [-0.4, -0.2) is 22.4 Å². The summed E-state index contributed by atoms with van der Waals surface area (Å²) < 4.78 is 0. The lowest BCUT2D eigenvalue weighted by molar-refractivity contribution is -0.384. The van der Waals surface area contributed by atoms with Gasteiger partial charge in [-0.15, -0.1) is 12.6 Å². The molecule has 0 saturated carbocycles. The first-order valence-corrected chi connectivity index (χ1v) is 7.34. The molecule has 7 nitrogen and oxygen atoms in total. The third-order valence-corrected chi connectivity index (χ3v) is 4.23. The highest BCUT2D eigenvalue weighted by Gasteiger charge is 2.25. The van der Waals surface area contributed by atoms with Crippen LogP contribution in [0, 0.1) is 17.0 Å². The van der Waals surface area contributed by atoms with E-state index in [-0.39, 0.29) is 26.9 Å². The maximum absolute atomic E-state index is 11.6. The molecular weight excluding hydrogens is 356 g/mol. The predicted octanol–water partition coefficient (Wildman–Crippen LogP) is 3.84. The number of hydrogen-bond acceptors (Lipinski definition) is 5. The predicted molar refractivity (Wildman–Crippen MR) is 91.7 cm³/mol. The summed E-state index contributed by atoms with van der Waals surface area (Å²) in [6.07, 6.45) is 0.390. The number of aromatic carboxylic acids is 1. The fourth-order valence-corrected chi connectivity index (χ4v) is 2.71. The van der Waals surface area contributed by atoms with E-state index in [0.29, 0.717) is 12.0 Å². The molecule has 2 aromatic rings. The summed E-state index contributed by atoms with van der Waals surface area (Å²) in [6, 6.07) is 6.51. The van der Waals surface area contributed by atoms with E-state index in [0.717, 1.165) is 11.0 Å². The summed E-state index contributed by atoms with van der Waals surface area (Å²) in [6.45, 7) is 1.69. The van der Waals surface area contributed by atoms with E-state index in [1.54, 1.807) is 19.1 Å². The number of rotatable bonds is 5. The lowest BCUT2D eigenvalue weighted by atomic mass is 10.1. The molecule has 0 unspecified atom stereocenters. The number of carboxylic acids is 1. The van der Waals surface area contributed by atoms with Crippen molar-refractivity contribution >= 4 is 53.7 Å². The molecule has 0 saturated heterocycles. The topological polar surface area (TPSA) is 101 Å². The first kappa shape index (κ1) is 17.8. The number of carbonyl (C=O) groups excluding carboxylic acids is 1. The maximum atomic E-state index is 11.6. The van der Waals surface area contributed by atoms with Crippen molar-refractivity contribution in [2.45, 2.75) is 11.8 Å². The van der Waals surface area contributed by atoms with Crippen molar-refractivity contribution in [3.05, 3.63) is 56.6 Å². The summed E-state index contributed by atoms with van der Waals surface area (Å²) in [5.74, 6) is -1.31. The van der Waals surface area contributed by atoms with Gasteiger partial charge in [-0.05, 0) is 30.7 Å². The van der Waals surface area contributed by atoms with Crippen LogP contribution < -0.4 is 4.90 Å². The molecule has 0 aliphatic carbocycles.